The quantitative estimate of drug-likeness (QED) is 0.583. The molecule has 2 amide bonds. The second-order valence-electron chi connectivity index (χ2n) is 5.01. The molecule has 1 atom stereocenters. The Hall–Kier alpha value is -2.15. The lowest BCUT2D eigenvalue weighted by Crippen LogP contribution is -3.08. The normalized spacial score (nSPS) is 11.6. The lowest BCUT2D eigenvalue weighted by Gasteiger charge is -2.14. The molecular weight excluding hydrogens is 289 g/mol. The molecule has 0 saturated heterocycles. The minimum Gasteiger partial charge on any atom is -0.494 e. The van der Waals surface area contributed by atoms with Crippen LogP contribution < -0.4 is 20.3 Å². The number of methoxy groups -OCH3 is 1. The molecule has 122 valence electrons. The molecule has 1 rings (SSSR count). The van der Waals surface area contributed by atoms with Gasteiger partial charge in [-0.25, -0.2) is 4.39 Å². The highest BCUT2D eigenvalue weighted by Gasteiger charge is 2.13. The summed E-state index contributed by atoms with van der Waals surface area (Å²) in [6.07, 6.45) is 0. The van der Waals surface area contributed by atoms with E-state index in [1.165, 1.54) is 13.2 Å². The summed E-state index contributed by atoms with van der Waals surface area (Å²) < 4.78 is 18.4. The lowest BCUT2D eigenvalue weighted by molar-refractivity contribution is -0.885. The number of halogens is 1. The van der Waals surface area contributed by atoms with Crippen molar-refractivity contribution in [1.82, 2.24) is 10.6 Å². The van der Waals surface area contributed by atoms with Gasteiger partial charge in [0, 0.05) is 12.1 Å². The van der Waals surface area contributed by atoms with Crippen LogP contribution in [0.5, 0.6) is 5.75 Å². The summed E-state index contributed by atoms with van der Waals surface area (Å²) >= 11 is 0. The Labute approximate surface area is 129 Å². The summed E-state index contributed by atoms with van der Waals surface area (Å²) in [7, 11) is 3.24. The fourth-order valence-corrected chi connectivity index (χ4v) is 2.01. The van der Waals surface area contributed by atoms with Gasteiger partial charge in [-0.2, -0.15) is 0 Å². The molecule has 0 aliphatic rings. The number of benzene rings is 1. The molecule has 0 aliphatic carbocycles. The average molecular weight is 312 g/mol. The van der Waals surface area contributed by atoms with Crippen molar-refractivity contribution in [2.45, 2.75) is 13.5 Å². The molecule has 6 nitrogen and oxygen atoms in total. The van der Waals surface area contributed by atoms with Gasteiger partial charge in [-0.15, -0.1) is 0 Å². The van der Waals surface area contributed by atoms with Crippen molar-refractivity contribution in [3.8, 4) is 5.75 Å². The zero-order valence-electron chi connectivity index (χ0n) is 13.2. The van der Waals surface area contributed by atoms with Crippen LogP contribution in [0, 0.1) is 5.82 Å². The predicted molar refractivity (Wildman–Crippen MR) is 80.1 cm³/mol. The Kier molecular flexibility index (Phi) is 7.31. The van der Waals surface area contributed by atoms with E-state index >= 15 is 0 Å². The molecule has 1 unspecified atom stereocenters. The third kappa shape index (κ3) is 6.09. The van der Waals surface area contributed by atoms with Crippen LogP contribution in [0.3, 0.4) is 0 Å². The maximum absolute atomic E-state index is 13.6. The highest BCUT2D eigenvalue weighted by molar-refractivity contribution is 5.84. The third-order valence-electron chi connectivity index (χ3n) is 3.00. The highest BCUT2D eigenvalue weighted by atomic mass is 19.1. The summed E-state index contributed by atoms with van der Waals surface area (Å²) in [6, 6.07) is 4.72. The first-order valence-corrected chi connectivity index (χ1v) is 7.13. The minimum absolute atomic E-state index is 0.0306. The van der Waals surface area contributed by atoms with Gasteiger partial charge in [0.1, 0.15) is 6.54 Å². The van der Waals surface area contributed by atoms with Gasteiger partial charge in [-0.1, -0.05) is 0 Å². The maximum Gasteiger partial charge on any atom is 0.275 e. The topological polar surface area (TPSA) is 71.9 Å². The first-order valence-electron chi connectivity index (χ1n) is 7.13. The van der Waals surface area contributed by atoms with Gasteiger partial charge in [0.15, 0.2) is 18.1 Å². The first-order chi connectivity index (χ1) is 10.5. The predicted octanol–water partition coefficient (Wildman–Crippen LogP) is -0.899. The van der Waals surface area contributed by atoms with E-state index in [0.29, 0.717) is 13.1 Å². The number of hydrogen-bond donors (Lipinski definition) is 3. The van der Waals surface area contributed by atoms with Crippen molar-refractivity contribution < 1.29 is 23.6 Å². The van der Waals surface area contributed by atoms with Crippen LogP contribution in [0.4, 0.5) is 4.39 Å². The van der Waals surface area contributed by atoms with Gasteiger partial charge in [0.25, 0.3) is 5.91 Å². The Morgan fingerprint density at radius 2 is 2.00 bits per heavy atom. The average Bonchev–Trinajstić information content (AvgIpc) is 2.45. The van der Waals surface area contributed by atoms with Gasteiger partial charge in [0.05, 0.1) is 20.7 Å². The number of nitrogens with one attached hydrogen (secondary N) is 3. The van der Waals surface area contributed by atoms with Crippen molar-refractivity contribution in [1.29, 1.82) is 0 Å². The van der Waals surface area contributed by atoms with Crippen LogP contribution in [-0.2, 0) is 16.1 Å². The zero-order valence-corrected chi connectivity index (χ0v) is 13.2. The zero-order chi connectivity index (χ0) is 16.5. The van der Waals surface area contributed by atoms with Gasteiger partial charge in [0.2, 0.25) is 5.91 Å². The van der Waals surface area contributed by atoms with Crippen LogP contribution in [-0.4, -0.2) is 45.6 Å². The number of carbonyl (C=O) groups is 2. The van der Waals surface area contributed by atoms with Crippen molar-refractivity contribution in [3.05, 3.63) is 29.6 Å². The molecule has 7 heteroatoms. The van der Waals surface area contributed by atoms with Crippen molar-refractivity contribution in [2.24, 2.45) is 0 Å². The van der Waals surface area contributed by atoms with Crippen LogP contribution >= 0.6 is 0 Å². The Morgan fingerprint density at radius 3 is 2.59 bits per heavy atom. The molecule has 0 fully saturated rings. The molecule has 0 radical (unpaired) electrons. The molecular formula is C15H23FN3O3+. The SMILES string of the molecule is CCNC(=O)CNC(=O)C[NH+](C)Cc1ccc(OC)c(F)c1. The van der Waals surface area contributed by atoms with Crippen molar-refractivity contribution in [2.75, 3.05) is 33.8 Å². The largest absolute Gasteiger partial charge is 0.494 e. The van der Waals surface area contributed by atoms with Gasteiger partial charge in [-0.3, -0.25) is 9.59 Å². The van der Waals surface area contributed by atoms with E-state index in [4.69, 9.17) is 4.74 Å². The standard InChI is InChI=1S/C15H22FN3O3/c1-4-17-14(20)8-18-15(21)10-19(2)9-11-5-6-13(22-3)12(16)7-11/h5-7H,4,8-10H2,1-3H3,(H,17,20)(H,18,21)/p+1. The second kappa shape index (κ2) is 8.99. The summed E-state index contributed by atoms with van der Waals surface area (Å²) in [4.78, 5) is 23.8. The van der Waals surface area contributed by atoms with E-state index < -0.39 is 5.82 Å². The van der Waals surface area contributed by atoms with E-state index in [9.17, 15) is 14.0 Å². The lowest BCUT2D eigenvalue weighted by atomic mass is 10.2. The summed E-state index contributed by atoms with van der Waals surface area (Å²) in [5.74, 6) is -0.668. The Balaban J connectivity index is 2.42. The number of ether oxygens (including phenoxy) is 1. The molecule has 0 aromatic heterocycles. The van der Waals surface area contributed by atoms with E-state index in [2.05, 4.69) is 10.6 Å². The van der Waals surface area contributed by atoms with E-state index in [1.807, 2.05) is 14.0 Å². The molecule has 1 aromatic carbocycles. The first kappa shape index (κ1) is 17.9. The molecule has 22 heavy (non-hydrogen) atoms. The smallest absolute Gasteiger partial charge is 0.275 e. The number of likely N-dealkylation sites (N-methyl/N-ethyl adjacent to an activating group) is 2. The number of carbonyl (C=O) groups excluding carboxylic acids is 2. The van der Waals surface area contributed by atoms with E-state index in [-0.39, 0.29) is 30.7 Å². The summed E-state index contributed by atoms with van der Waals surface area (Å²) in [6.45, 7) is 3.01. The van der Waals surface area contributed by atoms with Crippen LogP contribution in [0.15, 0.2) is 18.2 Å². The van der Waals surface area contributed by atoms with E-state index in [1.54, 1.807) is 12.1 Å². The van der Waals surface area contributed by atoms with E-state index in [0.717, 1.165) is 10.5 Å². The van der Waals surface area contributed by atoms with Gasteiger partial charge < -0.3 is 20.3 Å². The fourth-order valence-electron chi connectivity index (χ4n) is 2.01. The molecule has 0 bridgehead atoms. The molecule has 0 saturated carbocycles. The minimum atomic E-state index is -0.423. The monoisotopic (exact) mass is 312 g/mol. The number of amides is 2. The molecule has 3 N–H and O–H groups in total. The van der Waals surface area contributed by atoms with Crippen LogP contribution in [0.2, 0.25) is 0 Å². The number of rotatable bonds is 8. The Morgan fingerprint density at radius 1 is 1.27 bits per heavy atom. The molecule has 0 aliphatic heterocycles. The highest BCUT2D eigenvalue weighted by Crippen LogP contribution is 2.16. The third-order valence-corrected chi connectivity index (χ3v) is 3.00. The van der Waals surface area contributed by atoms with Crippen LogP contribution in [0.1, 0.15) is 12.5 Å². The summed E-state index contributed by atoms with van der Waals surface area (Å²) in [5, 5.41) is 5.14. The number of quaternary nitrogens is 1. The second-order valence-corrected chi connectivity index (χ2v) is 5.01. The van der Waals surface area contributed by atoms with Crippen molar-refractivity contribution >= 4 is 11.8 Å². The van der Waals surface area contributed by atoms with Gasteiger partial charge in [-0.05, 0) is 25.1 Å². The van der Waals surface area contributed by atoms with Crippen molar-refractivity contribution in [3.63, 3.8) is 0 Å². The Bertz CT molecular complexity index is 523. The molecule has 0 spiro atoms. The van der Waals surface area contributed by atoms with Gasteiger partial charge >= 0.3 is 0 Å². The molecule has 1 aromatic rings. The molecule has 0 heterocycles. The number of hydrogen-bond acceptors (Lipinski definition) is 3. The maximum atomic E-state index is 13.6. The fraction of sp³-hybridized carbons (Fsp3) is 0.467. The van der Waals surface area contributed by atoms with Crippen LogP contribution in [0.25, 0.3) is 0 Å². The summed E-state index contributed by atoms with van der Waals surface area (Å²) in [5.41, 5.74) is 0.771.